The highest BCUT2D eigenvalue weighted by Crippen LogP contribution is 2.38. The Morgan fingerprint density at radius 1 is 0.571 bits per heavy atom. The predicted molar refractivity (Wildman–Crippen MR) is 270 cm³/mol. The third kappa shape index (κ3) is 48.0. The number of likely N-dealkylation sites (N-methyl/N-ethyl adjacent to an activating group) is 1. The molecule has 1 amide bonds. The summed E-state index contributed by atoms with van der Waals surface area (Å²) in [5, 5.41) is 13.9. The maximum atomic E-state index is 12.9. The van der Waals surface area contributed by atoms with Gasteiger partial charge in [0.05, 0.1) is 39.9 Å². The third-order valence-electron chi connectivity index (χ3n) is 11.5. The van der Waals surface area contributed by atoms with Gasteiger partial charge in [-0.05, 0) is 57.8 Å². The van der Waals surface area contributed by atoms with Crippen LogP contribution >= 0.6 is 7.82 Å². The van der Waals surface area contributed by atoms with Gasteiger partial charge in [-0.15, -0.1) is 0 Å². The van der Waals surface area contributed by atoms with Gasteiger partial charge >= 0.3 is 0 Å². The Bertz CT molecular complexity index is 1210. The number of aliphatic hydroxyl groups is 1. The van der Waals surface area contributed by atoms with Crippen molar-refractivity contribution in [3.8, 4) is 0 Å². The number of amides is 1. The Labute approximate surface area is 390 Å². The zero-order valence-corrected chi connectivity index (χ0v) is 42.7. The van der Waals surface area contributed by atoms with Crippen molar-refractivity contribution < 1.29 is 32.9 Å². The average Bonchev–Trinajstić information content (AvgIpc) is 3.24. The van der Waals surface area contributed by atoms with E-state index >= 15 is 0 Å². The van der Waals surface area contributed by atoms with Crippen molar-refractivity contribution in [1.82, 2.24) is 5.32 Å². The van der Waals surface area contributed by atoms with Crippen molar-refractivity contribution in [2.45, 2.75) is 238 Å². The first-order valence-electron chi connectivity index (χ1n) is 26.1. The smallest absolute Gasteiger partial charge is 0.268 e. The number of nitrogens with zero attached hydrogens (tertiary/aromatic N) is 1. The van der Waals surface area contributed by atoms with Crippen LogP contribution in [0.25, 0.3) is 0 Å². The number of carbonyl (C=O) groups excluding carboxylic acids is 1. The fraction of sp³-hybridized carbons (Fsp3) is 0.796. The third-order valence-corrected chi connectivity index (χ3v) is 12.5. The highest BCUT2D eigenvalue weighted by molar-refractivity contribution is 7.45. The number of unbranched alkanes of at least 4 members (excludes halogenated alkanes) is 24. The minimum atomic E-state index is -4.57. The minimum absolute atomic E-state index is 0.0105. The lowest BCUT2D eigenvalue weighted by Gasteiger charge is -2.30. The van der Waals surface area contributed by atoms with Crippen LogP contribution in [0.3, 0.4) is 0 Å². The van der Waals surface area contributed by atoms with Gasteiger partial charge in [0.1, 0.15) is 13.2 Å². The molecule has 0 aliphatic carbocycles. The number of phosphoric acid groups is 1. The SMILES string of the molecule is CC/C=C\C/C=C\C/C=C\C/C=C\C/C=C\CCCCCCCCCCCCCCCC(=O)NC(COP(=O)([O-])OCC[N+](C)(C)C)C(O)CCCCCCCCCCCCCC. The van der Waals surface area contributed by atoms with E-state index in [1.807, 2.05) is 21.1 Å². The lowest BCUT2D eigenvalue weighted by atomic mass is 10.0. The van der Waals surface area contributed by atoms with Crippen molar-refractivity contribution >= 4 is 13.7 Å². The summed E-state index contributed by atoms with van der Waals surface area (Å²) in [6.07, 6.45) is 59.5. The number of hydrogen-bond acceptors (Lipinski definition) is 6. The molecule has 63 heavy (non-hydrogen) atoms. The van der Waals surface area contributed by atoms with Gasteiger partial charge in [0.2, 0.25) is 5.91 Å². The van der Waals surface area contributed by atoms with E-state index in [1.54, 1.807) is 0 Å². The van der Waals surface area contributed by atoms with Crippen LogP contribution in [0.2, 0.25) is 0 Å². The molecule has 2 N–H and O–H groups in total. The number of carbonyl (C=O) groups is 1. The molecule has 0 aliphatic rings. The van der Waals surface area contributed by atoms with Crippen molar-refractivity contribution in [2.24, 2.45) is 0 Å². The molecule has 0 aromatic heterocycles. The first-order valence-corrected chi connectivity index (χ1v) is 27.6. The average molecular weight is 905 g/mol. The largest absolute Gasteiger partial charge is 0.756 e. The second kappa shape index (κ2) is 45.4. The van der Waals surface area contributed by atoms with Gasteiger partial charge in [-0.25, -0.2) is 0 Å². The first-order chi connectivity index (χ1) is 30.5. The van der Waals surface area contributed by atoms with Crippen molar-refractivity contribution in [1.29, 1.82) is 0 Å². The molecule has 0 saturated heterocycles. The van der Waals surface area contributed by atoms with E-state index in [0.717, 1.165) is 70.6 Å². The molecule has 0 bridgehead atoms. The Morgan fingerprint density at radius 3 is 1.41 bits per heavy atom. The second-order valence-electron chi connectivity index (χ2n) is 18.9. The standard InChI is InChI=1S/C54H101N2O6P/c1-6-8-10-12-14-16-18-20-21-22-23-24-25-26-27-28-29-30-31-32-33-34-35-36-38-40-42-44-46-48-54(58)55-52(51-62-63(59,60)61-50-49-56(3,4)5)53(57)47-45-43-41-39-37-19-17-15-13-11-9-7-2/h8,10,14,16,20-21,23-24,26-27,52-53,57H,6-7,9,11-13,15,17-19,22,25,28-51H2,1-5H3,(H-,55,58,59,60)/b10-8-,16-14-,21-20-,24-23-,27-26-. The number of quaternary nitrogens is 1. The summed E-state index contributed by atoms with van der Waals surface area (Å²) in [7, 11) is 1.30. The molecule has 0 aliphatic heterocycles. The summed E-state index contributed by atoms with van der Waals surface area (Å²) >= 11 is 0. The van der Waals surface area contributed by atoms with Crippen LogP contribution in [0.4, 0.5) is 0 Å². The topological polar surface area (TPSA) is 108 Å². The number of hydrogen-bond donors (Lipinski definition) is 2. The molecule has 0 aromatic carbocycles. The summed E-state index contributed by atoms with van der Waals surface area (Å²) in [4.78, 5) is 25.4. The number of rotatable bonds is 47. The fourth-order valence-corrected chi connectivity index (χ4v) is 8.14. The number of aliphatic hydroxyl groups excluding tert-OH is 1. The fourth-order valence-electron chi connectivity index (χ4n) is 7.42. The van der Waals surface area contributed by atoms with Crippen LogP contribution in [0.5, 0.6) is 0 Å². The molecule has 8 nitrogen and oxygen atoms in total. The monoisotopic (exact) mass is 905 g/mol. The van der Waals surface area contributed by atoms with Crippen molar-refractivity contribution in [3.63, 3.8) is 0 Å². The van der Waals surface area contributed by atoms with Crippen LogP contribution in [0.15, 0.2) is 60.8 Å². The Morgan fingerprint density at radius 2 is 0.968 bits per heavy atom. The van der Waals surface area contributed by atoms with Gasteiger partial charge in [0, 0.05) is 6.42 Å². The first kappa shape index (κ1) is 61.2. The molecule has 3 atom stereocenters. The second-order valence-corrected chi connectivity index (χ2v) is 20.3. The Balaban J connectivity index is 4.11. The number of phosphoric ester groups is 1. The molecule has 0 heterocycles. The predicted octanol–water partition coefficient (Wildman–Crippen LogP) is 14.7. The summed E-state index contributed by atoms with van der Waals surface area (Å²) in [5.74, 6) is -0.168. The molecule has 0 aromatic rings. The van der Waals surface area contributed by atoms with Crippen LogP contribution in [-0.4, -0.2) is 68.5 Å². The van der Waals surface area contributed by atoms with Crippen LogP contribution < -0.4 is 10.2 Å². The molecule has 368 valence electrons. The van der Waals surface area contributed by atoms with E-state index in [1.165, 1.54) is 128 Å². The minimum Gasteiger partial charge on any atom is -0.756 e. The van der Waals surface area contributed by atoms with Gasteiger partial charge in [0.25, 0.3) is 7.82 Å². The molecule has 0 rings (SSSR count). The van der Waals surface area contributed by atoms with E-state index in [4.69, 9.17) is 9.05 Å². The van der Waals surface area contributed by atoms with Gasteiger partial charge in [-0.2, -0.15) is 0 Å². The highest BCUT2D eigenvalue weighted by atomic mass is 31.2. The van der Waals surface area contributed by atoms with Gasteiger partial charge in [-0.1, -0.05) is 222 Å². The molecule has 3 unspecified atom stereocenters. The molecule has 9 heteroatoms. The number of allylic oxidation sites excluding steroid dienone is 10. The lowest BCUT2D eigenvalue weighted by Crippen LogP contribution is -2.46. The molecule has 0 spiro atoms. The van der Waals surface area contributed by atoms with Gasteiger partial charge in [-0.3, -0.25) is 9.36 Å². The molecule has 0 fully saturated rings. The van der Waals surface area contributed by atoms with E-state index in [9.17, 15) is 19.4 Å². The van der Waals surface area contributed by atoms with Crippen LogP contribution in [0, 0.1) is 0 Å². The van der Waals surface area contributed by atoms with Gasteiger partial charge < -0.3 is 28.8 Å². The summed E-state index contributed by atoms with van der Waals surface area (Å²) in [6, 6.07) is -0.802. The maximum absolute atomic E-state index is 12.9. The molecule has 0 saturated carbocycles. The van der Waals surface area contributed by atoms with E-state index in [-0.39, 0.29) is 19.1 Å². The molecular formula is C54H101N2O6P. The zero-order chi connectivity index (χ0) is 46.4. The van der Waals surface area contributed by atoms with Crippen molar-refractivity contribution in [3.05, 3.63) is 60.8 Å². The Kier molecular flexibility index (Phi) is 44.1. The van der Waals surface area contributed by atoms with Gasteiger partial charge in [0.15, 0.2) is 0 Å². The highest BCUT2D eigenvalue weighted by Gasteiger charge is 2.24. The van der Waals surface area contributed by atoms with E-state index in [2.05, 4.69) is 79.9 Å². The summed E-state index contributed by atoms with van der Waals surface area (Å²) < 4.78 is 23.3. The molecule has 0 radical (unpaired) electrons. The summed E-state index contributed by atoms with van der Waals surface area (Å²) in [6.45, 7) is 4.60. The Hall–Kier alpha value is -1.80. The quantitative estimate of drug-likeness (QED) is 0.0273. The zero-order valence-electron chi connectivity index (χ0n) is 41.8. The van der Waals surface area contributed by atoms with Crippen molar-refractivity contribution in [2.75, 3.05) is 40.9 Å². The van der Waals surface area contributed by atoms with E-state index < -0.39 is 20.0 Å². The number of nitrogens with one attached hydrogen (secondary N) is 1. The van der Waals surface area contributed by atoms with Crippen LogP contribution in [-0.2, 0) is 18.4 Å². The summed E-state index contributed by atoms with van der Waals surface area (Å²) in [5.41, 5.74) is 0. The van der Waals surface area contributed by atoms with Crippen LogP contribution in [0.1, 0.15) is 226 Å². The van der Waals surface area contributed by atoms with E-state index in [0.29, 0.717) is 23.9 Å². The molecular weight excluding hydrogens is 804 g/mol. The maximum Gasteiger partial charge on any atom is 0.268 e. The normalized spacial score (nSPS) is 14.6. The lowest BCUT2D eigenvalue weighted by molar-refractivity contribution is -0.870.